The predicted octanol–water partition coefficient (Wildman–Crippen LogP) is 3.81. The molecule has 0 radical (unpaired) electrons. The zero-order valence-corrected chi connectivity index (χ0v) is 13.1. The average Bonchev–Trinajstić information content (AvgIpc) is 2.92. The first-order chi connectivity index (χ1) is 10.8. The van der Waals surface area contributed by atoms with Gasteiger partial charge in [-0.3, -0.25) is 4.57 Å². The third-order valence-electron chi connectivity index (χ3n) is 3.30. The van der Waals surface area contributed by atoms with Gasteiger partial charge in [0.1, 0.15) is 5.75 Å². The highest BCUT2D eigenvalue weighted by Crippen LogP contribution is 2.26. The first-order valence-corrected chi connectivity index (χ1v) is 8.16. The lowest BCUT2D eigenvalue weighted by Crippen LogP contribution is -2.04. The zero-order chi connectivity index (χ0) is 15.4. The van der Waals surface area contributed by atoms with Gasteiger partial charge in [-0.05, 0) is 35.6 Å². The summed E-state index contributed by atoms with van der Waals surface area (Å²) in [6.45, 7) is 2.83. The Morgan fingerprint density at radius 2 is 1.73 bits per heavy atom. The highest BCUT2D eigenvalue weighted by Gasteiger charge is 2.14. The summed E-state index contributed by atoms with van der Waals surface area (Å²) in [5.74, 6) is 2.02. The minimum absolute atomic E-state index is 0.251. The molecular weight excluding hydrogens is 294 g/mol. The molecule has 2 aromatic carbocycles. The number of hydrogen-bond acceptors (Lipinski definition) is 4. The Balaban J connectivity index is 2.01. The molecule has 5 heteroatoms. The maximum absolute atomic E-state index is 9.45. The number of phenols is 1. The third-order valence-corrected chi connectivity index (χ3v) is 4.15. The van der Waals surface area contributed by atoms with Crippen molar-refractivity contribution < 1.29 is 5.11 Å². The Labute approximate surface area is 133 Å². The highest BCUT2D eigenvalue weighted by atomic mass is 32.2. The van der Waals surface area contributed by atoms with Gasteiger partial charge in [0.25, 0.3) is 0 Å². The molecule has 0 atom stereocenters. The average molecular weight is 311 g/mol. The van der Waals surface area contributed by atoms with Gasteiger partial charge in [0, 0.05) is 5.56 Å². The number of nitrogens with zero attached hydrogens (tertiary/aromatic N) is 3. The molecule has 3 aromatic rings. The summed E-state index contributed by atoms with van der Waals surface area (Å²) in [5.41, 5.74) is 2.16. The van der Waals surface area contributed by atoms with Gasteiger partial charge in [-0.2, -0.15) is 0 Å². The first-order valence-electron chi connectivity index (χ1n) is 7.17. The molecule has 0 fully saturated rings. The molecule has 0 saturated carbocycles. The predicted molar refractivity (Wildman–Crippen MR) is 89.1 cm³/mol. The second kappa shape index (κ2) is 6.66. The van der Waals surface area contributed by atoms with Crippen molar-refractivity contribution in [3.63, 3.8) is 0 Å². The summed E-state index contributed by atoms with van der Waals surface area (Å²) in [6.07, 6.45) is 0. The summed E-state index contributed by atoms with van der Waals surface area (Å²) in [4.78, 5) is 0. The van der Waals surface area contributed by atoms with E-state index in [1.165, 1.54) is 5.56 Å². The maximum Gasteiger partial charge on any atom is 0.191 e. The van der Waals surface area contributed by atoms with Crippen LogP contribution in [0.1, 0.15) is 12.5 Å². The summed E-state index contributed by atoms with van der Waals surface area (Å²) in [5, 5.41) is 19.0. The molecule has 0 spiro atoms. The standard InChI is InChI=1S/C17H17N3OS/c1-2-22-17-19-18-16(14-8-10-15(21)11-9-14)20(17)12-13-6-4-3-5-7-13/h3-11,21H,2,12H2,1H3. The van der Waals surface area contributed by atoms with Gasteiger partial charge in [0.05, 0.1) is 6.54 Å². The summed E-state index contributed by atoms with van der Waals surface area (Å²) < 4.78 is 2.12. The SMILES string of the molecule is CCSc1nnc(-c2ccc(O)cc2)n1Cc1ccccc1. The van der Waals surface area contributed by atoms with Crippen LogP contribution >= 0.6 is 11.8 Å². The summed E-state index contributed by atoms with van der Waals surface area (Å²) in [6, 6.07) is 17.3. The fraction of sp³-hybridized carbons (Fsp3) is 0.176. The van der Waals surface area contributed by atoms with E-state index in [0.29, 0.717) is 0 Å². The molecule has 22 heavy (non-hydrogen) atoms. The number of hydrogen-bond donors (Lipinski definition) is 1. The molecule has 1 aromatic heterocycles. The zero-order valence-electron chi connectivity index (χ0n) is 12.3. The number of aromatic nitrogens is 3. The van der Waals surface area contributed by atoms with E-state index in [0.717, 1.165) is 28.8 Å². The van der Waals surface area contributed by atoms with E-state index in [-0.39, 0.29) is 5.75 Å². The van der Waals surface area contributed by atoms with Gasteiger partial charge in [-0.25, -0.2) is 0 Å². The minimum Gasteiger partial charge on any atom is -0.508 e. The Kier molecular flexibility index (Phi) is 4.44. The number of benzene rings is 2. The first kappa shape index (κ1) is 14.7. The quantitative estimate of drug-likeness (QED) is 0.728. The van der Waals surface area contributed by atoms with E-state index in [4.69, 9.17) is 0 Å². The number of thioether (sulfide) groups is 1. The van der Waals surface area contributed by atoms with E-state index in [1.807, 2.05) is 30.3 Å². The van der Waals surface area contributed by atoms with Crippen molar-refractivity contribution in [3.05, 3.63) is 60.2 Å². The van der Waals surface area contributed by atoms with Crippen molar-refractivity contribution in [1.82, 2.24) is 14.8 Å². The van der Waals surface area contributed by atoms with Crippen LogP contribution in [-0.2, 0) is 6.54 Å². The van der Waals surface area contributed by atoms with E-state index < -0.39 is 0 Å². The van der Waals surface area contributed by atoms with Crippen molar-refractivity contribution >= 4 is 11.8 Å². The number of rotatable bonds is 5. The van der Waals surface area contributed by atoms with Crippen LogP contribution in [0, 0.1) is 0 Å². The summed E-state index contributed by atoms with van der Waals surface area (Å²) in [7, 11) is 0. The van der Waals surface area contributed by atoms with Gasteiger partial charge in [0.2, 0.25) is 0 Å². The van der Waals surface area contributed by atoms with Crippen LogP contribution in [-0.4, -0.2) is 25.6 Å². The number of aromatic hydroxyl groups is 1. The van der Waals surface area contributed by atoms with Crippen molar-refractivity contribution in [1.29, 1.82) is 0 Å². The van der Waals surface area contributed by atoms with Crippen LogP contribution in [0.25, 0.3) is 11.4 Å². The minimum atomic E-state index is 0.251. The molecular formula is C17H17N3OS. The van der Waals surface area contributed by atoms with Crippen LogP contribution in [0.5, 0.6) is 5.75 Å². The Morgan fingerprint density at radius 1 is 1.00 bits per heavy atom. The lowest BCUT2D eigenvalue weighted by Gasteiger charge is -2.10. The van der Waals surface area contributed by atoms with Crippen LogP contribution in [0.4, 0.5) is 0 Å². The molecule has 112 valence electrons. The molecule has 0 amide bonds. The summed E-state index contributed by atoms with van der Waals surface area (Å²) >= 11 is 1.68. The van der Waals surface area contributed by atoms with Crippen LogP contribution in [0.3, 0.4) is 0 Å². The second-order valence-electron chi connectivity index (χ2n) is 4.86. The normalized spacial score (nSPS) is 10.8. The molecule has 1 N–H and O–H groups in total. The van der Waals surface area contributed by atoms with Crippen molar-refractivity contribution in [3.8, 4) is 17.1 Å². The largest absolute Gasteiger partial charge is 0.508 e. The van der Waals surface area contributed by atoms with Crippen molar-refractivity contribution in [2.45, 2.75) is 18.6 Å². The van der Waals surface area contributed by atoms with Gasteiger partial charge in [0.15, 0.2) is 11.0 Å². The lowest BCUT2D eigenvalue weighted by molar-refractivity contribution is 0.475. The maximum atomic E-state index is 9.45. The van der Waals surface area contributed by atoms with E-state index in [9.17, 15) is 5.11 Å². The fourth-order valence-corrected chi connectivity index (χ4v) is 2.92. The van der Waals surface area contributed by atoms with Gasteiger partial charge >= 0.3 is 0 Å². The molecule has 4 nitrogen and oxygen atoms in total. The molecule has 0 aliphatic heterocycles. The number of phenolic OH excluding ortho intramolecular Hbond substituents is 1. The topological polar surface area (TPSA) is 50.9 Å². The second-order valence-corrected chi connectivity index (χ2v) is 6.09. The molecule has 0 bridgehead atoms. The van der Waals surface area contributed by atoms with Crippen molar-refractivity contribution in [2.24, 2.45) is 0 Å². The Bertz CT molecular complexity index is 738. The fourth-order valence-electron chi connectivity index (χ4n) is 2.26. The van der Waals surface area contributed by atoms with Crippen molar-refractivity contribution in [2.75, 3.05) is 5.75 Å². The molecule has 0 unspecified atom stereocenters. The smallest absolute Gasteiger partial charge is 0.191 e. The molecule has 0 saturated heterocycles. The van der Waals surface area contributed by atoms with E-state index >= 15 is 0 Å². The monoisotopic (exact) mass is 311 g/mol. The molecule has 0 aliphatic rings. The van der Waals surface area contributed by atoms with Crippen LogP contribution in [0.2, 0.25) is 0 Å². The van der Waals surface area contributed by atoms with Gasteiger partial charge in [-0.15, -0.1) is 10.2 Å². The molecule has 0 aliphatic carbocycles. The van der Waals surface area contributed by atoms with Crippen LogP contribution in [0.15, 0.2) is 59.8 Å². The van der Waals surface area contributed by atoms with Gasteiger partial charge < -0.3 is 5.11 Å². The van der Waals surface area contributed by atoms with Gasteiger partial charge in [-0.1, -0.05) is 49.0 Å². The Morgan fingerprint density at radius 3 is 2.41 bits per heavy atom. The van der Waals surface area contributed by atoms with E-state index in [1.54, 1.807) is 23.9 Å². The van der Waals surface area contributed by atoms with E-state index in [2.05, 4.69) is 33.8 Å². The molecule has 3 rings (SSSR count). The Hall–Kier alpha value is -2.27. The van der Waals surface area contributed by atoms with Crippen LogP contribution < -0.4 is 0 Å². The third kappa shape index (κ3) is 3.14. The highest BCUT2D eigenvalue weighted by molar-refractivity contribution is 7.99. The lowest BCUT2D eigenvalue weighted by atomic mass is 10.2. The molecule has 1 heterocycles.